The Hall–Kier alpha value is -2.04. The number of carbonyl (C=O) groups excluding carboxylic acids is 1. The lowest BCUT2D eigenvalue weighted by Crippen LogP contribution is -2.14. The Balaban J connectivity index is 1.87. The van der Waals surface area contributed by atoms with Gasteiger partial charge >= 0.3 is 5.97 Å². The number of carbonyl (C=O) groups is 2. The van der Waals surface area contributed by atoms with E-state index < -0.39 is 5.97 Å². The van der Waals surface area contributed by atoms with Crippen molar-refractivity contribution in [3.8, 4) is 5.75 Å². The first-order valence-electron chi connectivity index (χ1n) is 5.82. The van der Waals surface area contributed by atoms with Crippen LogP contribution < -0.4 is 10.1 Å². The average Bonchev–Trinajstić information content (AvgIpc) is 3.05. The molecule has 1 amide bonds. The molecule has 0 saturated heterocycles. The van der Waals surface area contributed by atoms with Crippen molar-refractivity contribution < 1.29 is 19.4 Å². The molecule has 1 aliphatic carbocycles. The largest absolute Gasteiger partial charge is 0.482 e. The molecule has 0 spiro atoms. The Morgan fingerprint density at radius 1 is 1.39 bits per heavy atom. The Morgan fingerprint density at radius 2 is 2.00 bits per heavy atom. The molecule has 2 N–H and O–H groups in total. The quantitative estimate of drug-likeness (QED) is 0.833. The Morgan fingerprint density at radius 3 is 2.50 bits per heavy atom. The number of aliphatic carboxylic acids is 1. The van der Waals surface area contributed by atoms with Crippen molar-refractivity contribution in [1.82, 2.24) is 0 Å². The lowest BCUT2D eigenvalue weighted by Gasteiger charge is -2.06. The first-order valence-corrected chi connectivity index (χ1v) is 5.82. The summed E-state index contributed by atoms with van der Waals surface area (Å²) >= 11 is 0. The second-order valence-corrected chi connectivity index (χ2v) is 4.52. The van der Waals surface area contributed by atoms with Gasteiger partial charge in [0, 0.05) is 11.6 Å². The number of amides is 1. The molecule has 0 bridgehead atoms. The zero-order valence-electron chi connectivity index (χ0n) is 10.1. The smallest absolute Gasteiger partial charge is 0.341 e. The number of rotatable bonds is 5. The van der Waals surface area contributed by atoms with E-state index >= 15 is 0 Å². The second-order valence-electron chi connectivity index (χ2n) is 4.52. The van der Waals surface area contributed by atoms with E-state index in [0.717, 1.165) is 6.42 Å². The van der Waals surface area contributed by atoms with Crippen LogP contribution in [0.2, 0.25) is 0 Å². The molecule has 1 fully saturated rings. The van der Waals surface area contributed by atoms with Gasteiger partial charge in [-0.3, -0.25) is 4.79 Å². The first-order chi connectivity index (χ1) is 8.56. The van der Waals surface area contributed by atoms with Gasteiger partial charge in [-0.2, -0.15) is 0 Å². The highest BCUT2D eigenvalue weighted by Gasteiger charge is 2.38. The number of benzene rings is 1. The molecular formula is C13H15NO4. The van der Waals surface area contributed by atoms with Crippen molar-refractivity contribution in [2.45, 2.75) is 13.3 Å². The van der Waals surface area contributed by atoms with Gasteiger partial charge in [-0.05, 0) is 36.6 Å². The molecule has 96 valence electrons. The van der Waals surface area contributed by atoms with Gasteiger partial charge in [-0.15, -0.1) is 0 Å². The first kappa shape index (κ1) is 12.4. The number of hydrogen-bond donors (Lipinski definition) is 2. The predicted molar refractivity (Wildman–Crippen MR) is 65.5 cm³/mol. The van der Waals surface area contributed by atoms with Crippen LogP contribution in [0.25, 0.3) is 0 Å². The zero-order valence-corrected chi connectivity index (χ0v) is 10.1. The van der Waals surface area contributed by atoms with Crippen molar-refractivity contribution >= 4 is 17.6 Å². The van der Waals surface area contributed by atoms with Gasteiger partial charge in [0.25, 0.3) is 0 Å². The molecule has 0 aliphatic heterocycles. The summed E-state index contributed by atoms with van der Waals surface area (Å²) in [5.41, 5.74) is 0.696. The minimum absolute atomic E-state index is 0.0432. The Bertz CT molecular complexity index is 455. The normalized spacial score (nSPS) is 21.2. The molecule has 1 aliphatic rings. The van der Waals surface area contributed by atoms with E-state index in [9.17, 15) is 9.59 Å². The van der Waals surface area contributed by atoms with Crippen molar-refractivity contribution in [2.24, 2.45) is 11.8 Å². The maximum Gasteiger partial charge on any atom is 0.341 e. The molecule has 2 unspecified atom stereocenters. The van der Waals surface area contributed by atoms with Crippen LogP contribution in [0, 0.1) is 11.8 Å². The van der Waals surface area contributed by atoms with Crippen LogP contribution in [-0.2, 0) is 9.59 Å². The Kier molecular flexibility index (Phi) is 3.50. The van der Waals surface area contributed by atoms with Gasteiger partial charge < -0.3 is 15.2 Å². The number of hydrogen-bond acceptors (Lipinski definition) is 3. The van der Waals surface area contributed by atoms with Crippen molar-refractivity contribution in [1.29, 1.82) is 0 Å². The zero-order chi connectivity index (χ0) is 13.1. The van der Waals surface area contributed by atoms with Crippen LogP contribution in [0.3, 0.4) is 0 Å². The van der Waals surface area contributed by atoms with Crippen molar-refractivity contribution in [2.75, 3.05) is 11.9 Å². The van der Waals surface area contributed by atoms with Gasteiger partial charge in [-0.25, -0.2) is 4.79 Å². The van der Waals surface area contributed by atoms with Crippen molar-refractivity contribution in [3.05, 3.63) is 24.3 Å². The van der Waals surface area contributed by atoms with Gasteiger partial charge in [0.2, 0.25) is 5.91 Å². The minimum Gasteiger partial charge on any atom is -0.482 e. The molecule has 1 aromatic rings. The van der Waals surface area contributed by atoms with Crippen LogP contribution in [0.15, 0.2) is 24.3 Å². The van der Waals surface area contributed by atoms with Gasteiger partial charge in [-0.1, -0.05) is 6.92 Å². The van der Waals surface area contributed by atoms with Crippen molar-refractivity contribution in [3.63, 3.8) is 0 Å². The van der Waals surface area contributed by atoms with Gasteiger partial charge in [0.1, 0.15) is 5.75 Å². The monoisotopic (exact) mass is 249 g/mol. The van der Waals surface area contributed by atoms with Crippen LogP contribution >= 0.6 is 0 Å². The fourth-order valence-corrected chi connectivity index (χ4v) is 1.70. The summed E-state index contributed by atoms with van der Waals surface area (Å²) in [6.45, 7) is 1.68. The molecule has 1 aromatic carbocycles. The summed E-state index contributed by atoms with van der Waals surface area (Å²) in [7, 11) is 0. The second kappa shape index (κ2) is 5.08. The molecule has 18 heavy (non-hydrogen) atoms. The summed E-state index contributed by atoms with van der Waals surface area (Å²) in [5.74, 6) is 0.100. The highest BCUT2D eigenvalue weighted by atomic mass is 16.5. The van der Waals surface area contributed by atoms with Crippen LogP contribution in [-0.4, -0.2) is 23.6 Å². The lowest BCUT2D eigenvalue weighted by molar-refractivity contribution is -0.139. The number of anilines is 1. The lowest BCUT2D eigenvalue weighted by atomic mass is 10.2. The third kappa shape index (κ3) is 3.23. The minimum atomic E-state index is -1.02. The van der Waals surface area contributed by atoms with E-state index in [4.69, 9.17) is 9.84 Å². The maximum absolute atomic E-state index is 11.7. The molecule has 0 radical (unpaired) electrons. The number of nitrogens with one attached hydrogen (secondary N) is 1. The average molecular weight is 249 g/mol. The van der Waals surface area contributed by atoms with Crippen LogP contribution in [0.4, 0.5) is 5.69 Å². The van der Waals surface area contributed by atoms with Gasteiger partial charge in [0.15, 0.2) is 6.61 Å². The molecule has 1 saturated carbocycles. The molecule has 5 heteroatoms. The summed E-state index contributed by atoms with van der Waals surface area (Å²) in [5, 5.41) is 11.3. The van der Waals surface area contributed by atoms with E-state index in [2.05, 4.69) is 5.32 Å². The van der Waals surface area contributed by atoms with Crippen LogP contribution in [0.5, 0.6) is 5.75 Å². The molecule has 2 rings (SSSR count). The third-order valence-corrected chi connectivity index (χ3v) is 2.93. The fraction of sp³-hybridized carbons (Fsp3) is 0.385. The highest BCUT2D eigenvalue weighted by Crippen LogP contribution is 2.38. The van der Waals surface area contributed by atoms with E-state index in [1.807, 2.05) is 6.92 Å². The third-order valence-electron chi connectivity index (χ3n) is 2.93. The number of carboxylic acid groups (broad SMARTS) is 1. The van der Waals surface area contributed by atoms with Gasteiger partial charge in [0.05, 0.1) is 0 Å². The highest BCUT2D eigenvalue weighted by molar-refractivity contribution is 5.94. The van der Waals surface area contributed by atoms with E-state index in [1.165, 1.54) is 0 Å². The summed E-state index contributed by atoms with van der Waals surface area (Å²) < 4.78 is 4.99. The molecule has 5 nitrogen and oxygen atoms in total. The SMILES string of the molecule is CC1CC1C(=O)Nc1ccc(OCC(=O)O)cc1. The predicted octanol–water partition coefficient (Wildman–Crippen LogP) is 1.74. The number of carboxylic acids is 1. The standard InChI is InChI=1S/C13H15NO4/c1-8-6-11(8)13(17)14-9-2-4-10(5-3-9)18-7-12(15)16/h2-5,8,11H,6-7H2,1H3,(H,14,17)(H,15,16). The van der Waals surface area contributed by atoms with Crippen LogP contribution in [0.1, 0.15) is 13.3 Å². The topological polar surface area (TPSA) is 75.6 Å². The number of ether oxygens (including phenoxy) is 1. The molecule has 2 atom stereocenters. The molecule has 0 aromatic heterocycles. The summed E-state index contributed by atoms with van der Waals surface area (Å²) in [6, 6.07) is 6.66. The van der Waals surface area contributed by atoms with E-state index in [0.29, 0.717) is 17.4 Å². The molecular weight excluding hydrogens is 234 g/mol. The van der Waals surface area contributed by atoms with E-state index in [1.54, 1.807) is 24.3 Å². The Labute approximate surface area is 105 Å². The summed E-state index contributed by atoms with van der Waals surface area (Å²) in [6.07, 6.45) is 0.950. The van der Waals surface area contributed by atoms with E-state index in [-0.39, 0.29) is 18.4 Å². The molecule has 0 heterocycles. The summed E-state index contributed by atoms with van der Waals surface area (Å²) in [4.78, 5) is 22.0. The fourth-order valence-electron chi connectivity index (χ4n) is 1.70. The maximum atomic E-state index is 11.7.